The predicted molar refractivity (Wildman–Crippen MR) is 56.2 cm³/mol. The quantitative estimate of drug-likeness (QED) is 0.633. The van der Waals surface area contributed by atoms with E-state index < -0.39 is 6.17 Å². The Kier molecular flexibility index (Phi) is 2.56. The monoisotopic (exact) mass is 200 g/mol. The van der Waals surface area contributed by atoms with Crippen LogP contribution in [0.25, 0.3) is 0 Å². The van der Waals surface area contributed by atoms with Gasteiger partial charge in [0.25, 0.3) is 0 Å². The lowest BCUT2D eigenvalue weighted by atomic mass is 10.1. The summed E-state index contributed by atoms with van der Waals surface area (Å²) in [6.07, 6.45) is 0.656. The number of halogens is 1. The molecule has 0 bridgehead atoms. The Hall–Kier alpha value is -0.150. The van der Waals surface area contributed by atoms with Crippen molar-refractivity contribution in [3.05, 3.63) is 0 Å². The van der Waals surface area contributed by atoms with Crippen LogP contribution in [0.15, 0.2) is 0 Å². The summed E-state index contributed by atoms with van der Waals surface area (Å²) in [4.78, 5) is 4.79. The van der Waals surface area contributed by atoms with Crippen LogP contribution in [0.3, 0.4) is 0 Å². The molecule has 2 aliphatic heterocycles. The van der Waals surface area contributed by atoms with Crippen molar-refractivity contribution in [3.8, 4) is 0 Å². The SMILES string of the molecule is CC(C)(C)N1CC[C@H](N2CC(F)C2)C1. The zero-order valence-electron chi connectivity index (χ0n) is 9.46. The molecule has 2 aliphatic rings. The third-order valence-corrected chi connectivity index (χ3v) is 3.49. The van der Waals surface area contributed by atoms with E-state index in [0.29, 0.717) is 19.1 Å². The number of alkyl halides is 1. The van der Waals surface area contributed by atoms with Gasteiger partial charge in [0.1, 0.15) is 6.17 Å². The number of hydrogen-bond donors (Lipinski definition) is 0. The van der Waals surface area contributed by atoms with Crippen LogP contribution in [0.2, 0.25) is 0 Å². The van der Waals surface area contributed by atoms with Gasteiger partial charge < -0.3 is 0 Å². The van der Waals surface area contributed by atoms with Crippen molar-refractivity contribution in [3.63, 3.8) is 0 Å². The van der Waals surface area contributed by atoms with Gasteiger partial charge in [0, 0.05) is 37.8 Å². The average Bonchev–Trinajstić information content (AvgIpc) is 2.45. The van der Waals surface area contributed by atoms with Crippen LogP contribution >= 0.6 is 0 Å². The lowest BCUT2D eigenvalue weighted by Crippen LogP contribution is -2.54. The van der Waals surface area contributed by atoms with Crippen molar-refractivity contribution in [2.24, 2.45) is 0 Å². The zero-order chi connectivity index (χ0) is 10.3. The van der Waals surface area contributed by atoms with Gasteiger partial charge in [-0.15, -0.1) is 0 Å². The summed E-state index contributed by atoms with van der Waals surface area (Å²) >= 11 is 0. The van der Waals surface area contributed by atoms with E-state index in [1.54, 1.807) is 0 Å². The fourth-order valence-corrected chi connectivity index (χ4v) is 2.40. The third-order valence-electron chi connectivity index (χ3n) is 3.49. The molecule has 0 unspecified atom stereocenters. The van der Waals surface area contributed by atoms with Gasteiger partial charge in [0.15, 0.2) is 0 Å². The van der Waals surface area contributed by atoms with Crippen LogP contribution < -0.4 is 0 Å². The first kappa shape index (κ1) is 10.4. The maximum Gasteiger partial charge on any atom is 0.125 e. The standard InChI is InChI=1S/C11H21FN2/c1-11(2,3)14-5-4-10(8-14)13-6-9(12)7-13/h9-10H,4-8H2,1-3H3/t10-/m0/s1. The second kappa shape index (κ2) is 3.46. The smallest absolute Gasteiger partial charge is 0.125 e. The average molecular weight is 200 g/mol. The van der Waals surface area contributed by atoms with Crippen molar-refractivity contribution < 1.29 is 4.39 Å². The maximum atomic E-state index is 12.7. The number of hydrogen-bond acceptors (Lipinski definition) is 2. The minimum absolute atomic E-state index is 0.273. The maximum absolute atomic E-state index is 12.7. The first-order chi connectivity index (χ1) is 6.47. The molecule has 0 amide bonds. The highest BCUT2D eigenvalue weighted by Crippen LogP contribution is 2.26. The summed E-state index contributed by atoms with van der Waals surface area (Å²) < 4.78 is 12.7. The number of likely N-dealkylation sites (tertiary alicyclic amines) is 2. The molecule has 0 saturated carbocycles. The molecule has 2 saturated heterocycles. The fraction of sp³-hybridized carbons (Fsp3) is 1.00. The summed E-state index contributed by atoms with van der Waals surface area (Å²) in [5.41, 5.74) is 0.273. The molecule has 1 atom stereocenters. The van der Waals surface area contributed by atoms with Gasteiger partial charge in [-0.05, 0) is 27.2 Å². The summed E-state index contributed by atoms with van der Waals surface area (Å²) in [6.45, 7) is 10.4. The van der Waals surface area contributed by atoms with E-state index in [4.69, 9.17) is 0 Å². The van der Waals surface area contributed by atoms with Crippen LogP contribution in [-0.2, 0) is 0 Å². The Balaban J connectivity index is 1.83. The Morgan fingerprint density at radius 2 is 1.79 bits per heavy atom. The second-order valence-corrected chi connectivity index (χ2v) is 5.61. The Labute approximate surface area is 86.1 Å². The Morgan fingerprint density at radius 3 is 2.21 bits per heavy atom. The topological polar surface area (TPSA) is 6.48 Å². The van der Waals surface area contributed by atoms with Gasteiger partial charge >= 0.3 is 0 Å². The molecule has 0 radical (unpaired) electrons. The zero-order valence-corrected chi connectivity index (χ0v) is 9.46. The highest BCUT2D eigenvalue weighted by Gasteiger charge is 2.38. The van der Waals surface area contributed by atoms with Crippen molar-refractivity contribution >= 4 is 0 Å². The van der Waals surface area contributed by atoms with Crippen molar-refractivity contribution in [2.45, 2.75) is 44.9 Å². The van der Waals surface area contributed by atoms with Crippen LogP contribution in [0.1, 0.15) is 27.2 Å². The first-order valence-electron chi connectivity index (χ1n) is 5.60. The molecule has 2 fully saturated rings. The van der Waals surface area contributed by atoms with E-state index >= 15 is 0 Å². The molecule has 0 aliphatic carbocycles. The molecule has 0 spiro atoms. The van der Waals surface area contributed by atoms with Crippen molar-refractivity contribution in [2.75, 3.05) is 26.2 Å². The molecule has 0 aromatic carbocycles. The molecule has 82 valence electrons. The molecule has 2 heterocycles. The van der Waals surface area contributed by atoms with Gasteiger partial charge in [0.05, 0.1) is 0 Å². The van der Waals surface area contributed by atoms with Crippen molar-refractivity contribution in [1.82, 2.24) is 9.80 Å². The third kappa shape index (κ3) is 1.94. The molecule has 0 N–H and O–H groups in total. The largest absolute Gasteiger partial charge is 0.297 e. The minimum atomic E-state index is -0.557. The molecule has 3 heteroatoms. The van der Waals surface area contributed by atoms with Crippen LogP contribution in [0.4, 0.5) is 4.39 Å². The lowest BCUT2D eigenvalue weighted by molar-refractivity contribution is 0.0264. The van der Waals surface area contributed by atoms with E-state index in [2.05, 4.69) is 30.6 Å². The highest BCUT2D eigenvalue weighted by atomic mass is 19.1. The molecule has 14 heavy (non-hydrogen) atoms. The molecular formula is C11H21FN2. The van der Waals surface area contributed by atoms with Gasteiger partial charge in [-0.25, -0.2) is 4.39 Å². The number of rotatable bonds is 1. The predicted octanol–water partition coefficient (Wildman–Crippen LogP) is 1.51. The lowest BCUT2D eigenvalue weighted by Gasteiger charge is -2.40. The van der Waals surface area contributed by atoms with Crippen molar-refractivity contribution in [1.29, 1.82) is 0 Å². The molecule has 0 aromatic heterocycles. The van der Waals surface area contributed by atoms with E-state index in [1.165, 1.54) is 13.0 Å². The minimum Gasteiger partial charge on any atom is -0.297 e. The second-order valence-electron chi connectivity index (χ2n) is 5.61. The van der Waals surface area contributed by atoms with E-state index in [-0.39, 0.29) is 5.54 Å². The van der Waals surface area contributed by atoms with Gasteiger partial charge in [-0.2, -0.15) is 0 Å². The van der Waals surface area contributed by atoms with Crippen LogP contribution in [-0.4, -0.2) is 53.7 Å². The first-order valence-corrected chi connectivity index (χ1v) is 5.60. The Bertz CT molecular complexity index is 206. The summed E-state index contributed by atoms with van der Waals surface area (Å²) in [7, 11) is 0. The summed E-state index contributed by atoms with van der Waals surface area (Å²) in [5, 5.41) is 0. The molecular weight excluding hydrogens is 179 g/mol. The van der Waals surface area contributed by atoms with Gasteiger partial charge in [0.2, 0.25) is 0 Å². The fourth-order valence-electron chi connectivity index (χ4n) is 2.40. The highest BCUT2D eigenvalue weighted by molar-refractivity contribution is 4.94. The van der Waals surface area contributed by atoms with Crippen LogP contribution in [0, 0.1) is 0 Å². The van der Waals surface area contributed by atoms with Gasteiger partial charge in [-0.3, -0.25) is 9.80 Å². The number of nitrogens with zero attached hydrogens (tertiary/aromatic N) is 2. The Morgan fingerprint density at radius 1 is 1.14 bits per heavy atom. The van der Waals surface area contributed by atoms with Crippen LogP contribution in [0.5, 0.6) is 0 Å². The van der Waals surface area contributed by atoms with E-state index in [0.717, 1.165) is 6.54 Å². The van der Waals surface area contributed by atoms with E-state index in [9.17, 15) is 4.39 Å². The van der Waals surface area contributed by atoms with E-state index in [1.807, 2.05) is 0 Å². The normalized spacial score (nSPS) is 32.1. The van der Waals surface area contributed by atoms with Gasteiger partial charge in [-0.1, -0.05) is 0 Å². The molecule has 2 nitrogen and oxygen atoms in total. The summed E-state index contributed by atoms with van der Waals surface area (Å²) in [5.74, 6) is 0. The molecule has 0 aromatic rings. The summed E-state index contributed by atoms with van der Waals surface area (Å²) in [6, 6.07) is 0.612. The molecule has 2 rings (SSSR count).